The second kappa shape index (κ2) is 8.09. The lowest BCUT2D eigenvalue weighted by molar-refractivity contribution is 0.00125. The minimum absolute atomic E-state index is 0.0142. The van der Waals surface area contributed by atoms with E-state index in [0.29, 0.717) is 11.5 Å². The number of nitrogens with one attached hydrogen (secondary N) is 2. The van der Waals surface area contributed by atoms with Crippen LogP contribution < -0.4 is 10.7 Å². The normalized spacial score (nSPS) is 27.7. The molecule has 162 valence electrons. The largest absolute Gasteiger partial charge is 0.336 e. The summed E-state index contributed by atoms with van der Waals surface area (Å²) in [7, 11) is 0. The number of fused-ring (bicyclic) bond motifs is 3. The van der Waals surface area contributed by atoms with Gasteiger partial charge in [0.1, 0.15) is 12.3 Å². The fourth-order valence-electron chi connectivity index (χ4n) is 5.53. The summed E-state index contributed by atoms with van der Waals surface area (Å²) in [6.45, 7) is 4.12. The molecule has 0 bridgehead atoms. The van der Waals surface area contributed by atoms with Crippen LogP contribution in [0.3, 0.4) is 0 Å². The van der Waals surface area contributed by atoms with Crippen molar-refractivity contribution in [3.05, 3.63) is 70.8 Å². The van der Waals surface area contributed by atoms with Crippen LogP contribution in [0.5, 0.6) is 0 Å². The van der Waals surface area contributed by atoms with Crippen molar-refractivity contribution in [1.29, 1.82) is 0 Å². The number of nitrogens with zero attached hydrogens (tertiary/aromatic N) is 2. The Bertz CT molecular complexity index is 992. The van der Waals surface area contributed by atoms with E-state index in [0.717, 1.165) is 42.4 Å². The molecule has 2 aromatic rings. The van der Waals surface area contributed by atoms with E-state index >= 15 is 0 Å². The number of hydrazine groups is 1. The van der Waals surface area contributed by atoms with Crippen LogP contribution in [-0.2, 0) is 0 Å². The highest BCUT2D eigenvalue weighted by Gasteiger charge is 2.51. The maximum absolute atomic E-state index is 13.5. The minimum atomic E-state index is -0.104. The number of amides is 2. The summed E-state index contributed by atoms with van der Waals surface area (Å²) in [4.78, 5) is 28.6. The van der Waals surface area contributed by atoms with Crippen LogP contribution in [0.2, 0.25) is 0 Å². The predicted octanol–water partition coefficient (Wildman–Crippen LogP) is 3.92. The van der Waals surface area contributed by atoms with Crippen LogP contribution in [0.15, 0.2) is 48.5 Å². The zero-order chi connectivity index (χ0) is 21.5. The number of Topliss-reactive ketones (excluding diaryl/α,β-unsaturated/α-hetero) is 1. The van der Waals surface area contributed by atoms with Gasteiger partial charge < -0.3 is 4.90 Å². The number of aryl methyl sites for hydroxylation is 2. The molecule has 3 fully saturated rings. The van der Waals surface area contributed by atoms with Gasteiger partial charge in [0.25, 0.3) is 0 Å². The van der Waals surface area contributed by atoms with E-state index in [9.17, 15) is 9.59 Å². The minimum Gasteiger partial charge on any atom is -0.312 e. The van der Waals surface area contributed by atoms with Crippen LogP contribution in [0.1, 0.15) is 58.9 Å². The fraction of sp³-hybridized carbons (Fsp3) is 0.440. The Kier molecular flexibility index (Phi) is 5.28. The summed E-state index contributed by atoms with van der Waals surface area (Å²) < 4.78 is 0. The topological polar surface area (TPSA) is 64.7 Å². The number of rotatable bonds is 4. The summed E-state index contributed by atoms with van der Waals surface area (Å²) in [6.07, 6.45) is 4.13. The summed E-state index contributed by atoms with van der Waals surface area (Å²) in [5.41, 5.74) is 7.30. The van der Waals surface area contributed by atoms with Gasteiger partial charge in [-0.3, -0.25) is 10.1 Å². The quantitative estimate of drug-likeness (QED) is 0.739. The second-order valence-electron chi connectivity index (χ2n) is 9.12. The van der Waals surface area contributed by atoms with E-state index in [4.69, 9.17) is 0 Å². The molecular weight excluding hydrogens is 388 g/mol. The van der Waals surface area contributed by atoms with E-state index in [1.807, 2.05) is 55.1 Å². The monoisotopic (exact) mass is 418 g/mol. The first-order valence-corrected chi connectivity index (χ1v) is 11.3. The van der Waals surface area contributed by atoms with Crippen LogP contribution in [0.4, 0.5) is 4.79 Å². The van der Waals surface area contributed by atoms with E-state index in [-0.39, 0.29) is 36.7 Å². The Hall–Kier alpha value is -2.70. The lowest BCUT2D eigenvalue weighted by Gasteiger charge is -2.49. The smallest absolute Gasteiger partial charge is 0.312 e. The molecule has 2 aromatic carbocycles. The van der Waals surface area contributed by atoms with Crippen LogP contribution >= 0.6 is 0 Å². The SMILES string of the molecule is Cc1ccc(C(=O)CN2C(=O)N3NC(c4ccccc4)NC3C3CCCCC32)c(C)c1. The first-order chi connectivity index (χ1) is 15.0. The molecule has 1 saturated carbocycles. The molecule has 4 unspecified atom stereocenters. The number of benzene rings is 2. The first-order valence-electron chi connectivity index (χ1n) is 11.3. The van der Waals surface area contributed by atoms with Crippen molar-refractivity contribution in [1.82, 2.24) is 20.7 Å². The van der Waals surface area contributed by atoms with E-state index in [1.165, 1.54) is 0 Å². The number of carbonyl (C=O) groups excluding carboxylic acids is 2. The van der Waals surface area contributed by atoms with Crippen molar-refractivity contribution in [3.8, 4) is 0 Å². The Morgan fingerprint density at radius 2 is 1.84 bits per heavy atom. The van der Waals surface area contributed by atoms with Crippen molar-refractivity contribution in [2.24, 2.45) is 5.92 Å². The van der Waals surface area contributed by atoms with Gasteiger partial charge in [-0.25, -0.2) is 15.2 Å². The number of urea groups is 1. The van der Waals surface area contributed by atoms with E-state index in [1.54, 1.807) is 5.01 Å². The van der Waals surface area contributed by atoms with Crippen molar-refractivity contribution < 1.29 is 9.59 Å². The van der Waals surface area contributed by atoms with Gasteiger partial charge in [-0.05, 0) is 37.8 Å². The molecule has 0 spiro atoms. The van der Waals surface area contributed by atoms with E-state index in [2.05, 4.69) is 22.9 Å². The molecule has 2 aliphatic heterocycles. The molecule has 31 heavy (non-hydrogen) atoms. The molecule has 2 heterocycles. The average Bonchev–Trinajstić information content (AvgIpc) is 3.23. The van der Waals surface area contributed by atoms with Crippen molar-refractivity contribution in [3.63, 3.8) is 0 Å². The third kappa shape index (κ3) is 3.64. The zero-order valence-electron chi connectivity index (χ0n) is 18.2. The lowest BCUT2D eigenvalue weighted by atomic mass is 9.79. The molecule has 2 N–H and O–H groups in total. The first kappa shape index (κ1) is 20.2. The molecule has 2 saturated heterocycles. The predicted molar refractivity (Wildman–Crippen MR) is 119 cm³/mol. The van der Waals surface area contributed by atoms with Crippen LogP contribution in [0, 0.1) is 19.8 Å². The summed E-state index contributed by atoms with van der Waals surface area (Å²) in [5, 5.41) is 5.38. The van der Waals surface area contributed by atoms with Gasteiger partial charge in [0.15, 0.2) is 5.78 Å². The number of carbonyl (C=O) groups is 2. The second-order valence-corrected chi connectivity index (χ2v) is 9.12. The molecule has 0 aromatic heterocycles. The van der Waals surface area contributed by atoms with Crippen molar-refractivity contribution >= 4 is 11.8 Å². The molecular formula is C25H30N4O2. The Morgan fingerprint density at radius 1 is 1.06 bits per heavy atom. The third-order valence-corrected chi connectivity index (χ3v) is 7.05. The molecule has 4 atom stereocenters. The van der Waals surface area contributed by atoms with Crippen molar-refractivity contribution in [2.75, 3.05) is 6.54 Å². The van der Waals surface area contributed by atoms with Crippen LogP contribution in [0.25, 0.3) is 0 Å². The lowest BCUT2D eigenvalue weighted by Crippen LogP contribution is -2.66. The maximum atomic E-state index is 13.5. The summed E-state index contributed by atoms with van der Waals surface area (Å²) >= 11 is 0. The number of hydrogen-bond acceptors (Lipinski definition) is 4. The van der Waals surface area contributed by atoms with Gasteiger partial charge in [-0.15, -0.1) is 0 Å². The zero-order valence-corrected chi connectivity index (χ0v) is 18.2. The Balaban J connectivity index is 1.41. The summed E-state index contributed by atoms with van der Waals surface area (Å²) in [5.74, 6) is 0.319. The van der Waals surface area contributed by atoms with Gasteiger partial charge in [0.05, 0.1) is 6.54 Å². The van der Waals surface area contributed by atoms with Crippen LogP contribution in [-0.4, -0.2) is 40.5 Å². The van der Waals surface area contributed by atoms with Crippen molar-refractivity contribution in [2.45, 2.75) is 57.9 Å². The van der Waals surface area contributed by atoms with Gasteiger partial charge in [-0.1, -0.05) is 66.9 Å². The molecule has 0 radical (unpaired) electrons. The molecule has 6 nitrogen and oxygen atoms in total. The highest BCUT2D eigenvalue weighted by molar-refractivity contribution is 6.00. The summed E-state index contributed by atoms with van der Waals surface area (Å²) in [6, 6.07) is 16.0. The molecule has 1 aliphatic carbocycles. The fourth-order valence-corrected chi connectivity index (χ4v) is 5.53. The average molecular weight is 419 g/mol. The third-order valence-electron chi connectivity index (χ3n) is 7.05. The molecule has 3 aliphatic rings. The van der Waals surface area contributed by atoms with Gasteiger partial charge >= 0.3 is 6.03 Å². The Labute approximate surface area is 183 Å². The number of hydrogen-bond donors (Lipinski definition) is 2. The standard InChI is InChI=1S/C25H30N4O2/c1-16-12-13-19(17(2)14-16)22(30)15-28-21-11-7-6-10-20(21)24-26-23(27-29(24)25(28)31)18-8-4-3-5-9-18/h3-5,8-9,12-14,20-21,23-24,26-27H,6-7,10-11,15H2,1-2H3. The molecule has 2 amide bonds. The number of ketones is 1. The van der Waals surface area contributed by atoms with Gasteiger partial charge in [-0.2, -0.15) is 0 Å². The van der Waals surface area contributed by atoms with E-state index < -0.39 is 0 Å². The molecule has 5 rings (SSSR count). The van der Waals surface area contributed by atoms with Gasteiger partial charge in [0.2, 0.25) is 0 Å². The highest BCUT2D eigenvalue weighted by atomic mass is 16.2. The Morgan fingerprint density at radius 3 is 2.61 bits per heavy atom. The highest BCUT2D eigenvalue weighted by Crippen LogP contribution is 2.39. The molecule has 6 heteroatoms. The maximum Gasteiger partial charge on any atom is 0.336 e. The van der Waals surface area contributed by atoms with Gasteiger partial charge in [0, 0.05) is 17.5 Å².